The Morgan fingerprint density at radius 2 is 1.19 bits per heavy atom. The summed E-state index contributed by atoms with van der Waals surface area (Å²) in [6.07, 6.45) is -17.2. The van der Waals surface area contributed by atoms with E-state index in [1.165, 1.54) is 0 Å². The van der Waals surface area contributed by atoms with Crippen molar-refractivity contribution in [3.8, 4) is 0 Å². The van der Waals surface area contributed by atoms with Crippen LogP contribution in [0.2, 0.25) is 0 Å². The molecule has 0 amide bonds. The fourth-order valence-corrected chi connectivity index (χ4v) is 1.68. The van der Waals surface area contributed by atoms with Gasteiger partial charge in [0.05, 0.1) is 0 Å². The van der Waals surface area contributed by atoms with Crippen LogP contribution in [0.1, 0.15) is 11.1 Å². The zero-order valence-corrected chi connectivity index (χ0v) is 13.0. The molecule has 1 aromatic carbocycles. The van der Waals surface area contributed by atoms with Gasteiger partial charge in [-0.3, -0.25) is 0 Å². The minimum Gasteiger partial charge on any atom is -0.402 e. The third-order valence-electron chi connectivity index (χ3n) is 2.63. The summed E-state index contributed by atoms with van der Waals surface area (Å²) in [5.41, 5.74) is -8.31. The predicted octanol–water partition coefficient (Wildman–Crippen LogP) is -0.576. The molecule has 1 aromatic rings. The number of hydrogen-bond donors (Lipinski definition) is 3. The van der Waals surface area contributed by atoms with E-state index in [0.717, 1.165) is 0 Å². The van der Waals surface area contributed by atoms with E-state index in [1.807, 2.05) is 0 Å². The van der Waals surface area contributed by atoms with E-state index in [1.54, 1.807) is 6.07 Å². The first kappa shape index (κ1) is 27.3. The Morgan fingerprint density at radius 3 is 1.46 bits per heavy atom. The fourth-order valence-electron chi connectivity index (χ4n) is 1.68. The number of hydrogen-bond acceptors (Lipinski definition) is 4. The number of alkyl halides is 9. The van der Waals surface area contributed by atoms with E-state index in [-0.39, 0.29) is 44.2 Å². The van der Waals surface area contributed by atoms with Gasteiger partial charge in [0.15, 0.2) is 0 Å². The molecule has 1 rings (SSSR count). The van der Waals surface area contributed by atoms with Gasteiger partial charge < -0.3 is 19.8 Å². The number of halogens is 9. The van der Waals surface area contributed by atoms with Crippen molar-refractivity contribution in [2.75, 3.05) is 7.11 Å². The molecule has 0 unspecified atom stereocenters. The molecule has 0 radical (unpaired) electrons. The average molecular weight is 394 g/mol. The molecule has 0 heterocycles. The van der Waals surface area contributed by atoms with Gasteiger partial charge in [-0.2, -0.15) is 63.8 Å². The molecule has 144 valence electrons. The molecule has 0 saturated heterocycles. The quantitative estimate of drug-likeness (QED) is 0.357. The zero-order chi connectivity index (χ0) is 20.3. The van der Waals surface area contributed by atoms with Crippen LogP contribution in [0.5, 0.6) is 0 Å². The molecular weight excluding hydrogens is 385 g/mol. The second kappa shape index (κ2) is 9.34. The fraction of sp³-hybridized carbons (Fsp3) is 0.455. The first-order valence-corrected chi connectivity index (χ1v) is 5.82. The van der Waals surface area contributed by atoms with Gasteiger partial charge in [-0.1, -0.05) is 5.56 Å². The monoisotopic (exact) mass is 394 g/mol. The van der Waals surface area contributed by atoms with Crippen molar-refractivity contribution >= 4 is 7.32 Å². The molecule has 15 heteroatoms. The summed E-state index contributed by atoms with van der Waals surface area (Å²) >= 11 is 0. The van der Waals surface area contributed by atoms with E-state index in [0.29, 0.717) is 0 Å². The topological polar surface area (TPSA) is 69.9 Å². The maximum atomic E-state index is 12.8. The van der Waals surface area contributed by atoms with Crippen molar-refractivity contribution in [1.82, 2.24) is 0 Å². The number of rotatable bonds is 2. The number of ether oxygens (including phenoxy) is 1. The van der Waals surface area contributed by atoms with Crippen LogP contribution in [0, 0.1) is 6.07 Å². The molecule has 0 spiro atoms. The summed E-state index contributed by atoms with van der Waals surface area (Å²) in [5, 5.41) is 21.5. The Kier molecular flexibility index (Phi) is 9.81. The van der Waals surface area contributed by atoms with Gasteiger partial charge in [-0.05, 0) is 0 Å². The molecule has 26 heavy (non-hydrogen) atoms. The van der Waals surface area contributed by atoms with Gasteiger partial charge in [0.25, 0.3) is 0 Å². The van der Waals surface area contributed by atoms with E-state index in [4.69, 9.17) is 15.1 Å². The summed E-state index contributed by atoms with van der Waals surface area (Å²) < 4.78 is 118. The summed E-state index contributed by atoms with van der Waals surface area (Å²) in [4.78, 5) is 0. The Bertz CT molecular complexity index is 543. The van der Waals surface area contributed by atoms with Crippen LogP contribution in [0.25, 0.3) is 0 Å². The van der Waals surface area contributed by atoms with Gasteiger partial charge in [0.1, 0.15) is 0 Å². The molecule has 0 aromatic heterocycles. The average Bonchev–Trinajstić information content (AvgIpc) is 2.35. The van der Waals surface area contributed by atoms with Crippen LogP contribution in [-0.2, 0) is 16.5 Å². The Labute approximate surface area is 152 Å². The Morgan fingerprint density at radius 1 is 0.846 bits per heavy atom. The summed E-state index contributed by atoms with van der Waals surface area (Å²) in [7, 11) is -2.05. The van der Waals surface area contributed by atoms with E-state index >= 15 is 0 Å². The zero-order valence-electron chi connectivity index (χ0n) is 13.0. The van der Waals surface area contributed by atoms with Crippen molar-refractivity contribution in [2.45, 2.75) is 24.1 Å². The summed E-state index contributed by atoms with van der Waals surface area (Å²) in [6, 6.07) is 1.74. The van der Waals surface area contributed by atoms with Crippen LogP contribution >= 0.6 is 0 Å². The van der Waals surface area contributed by atoms with Gasteiger partial charge in [0, 0.05) is 7.11 Å². The van der Waals surface area contributed by atoms with E-state index in [9.17, 15) is 39.5 Å². The van der Waals surface area contributed by atoms with Crippen molar-refractivity contribution in [3.05, 3.63) is 35.4 Å². The van der Waals surface area contributed by atoms with Gasteiger partial charge in [0.2, 0.25) is 5.60 Å². The van der Waals surface area contributed by atoms with Crippen LogP contribution in [-0.4, -0.2) is 41.9 Å². The van der Waals surface area contributed by atoms with Crippen LogP contribution < -0.4 is 18.9 Å². The summed E-state index contributed by atoms with van der Waals surface area (Å²) in [6.45, 7) is 0. The molecule has 4 nitrogen and oxygen atoms in total. The van der Waals surface area contributed by atoms with Gasteiger partial charge >= 0.3 is 44.7 Å². The third-order valence-corrected chi connectivity index (χ3v) is 2.63. The Balaban J connectivity index is 0. The first-order valence-electron chi connectivity index (χ1n) is 5.82. The van der Waals surface area contributed by atoms with Crippen molar-refractivity contribution in [3.63, 3.8) is 0 Å². The van der Waals surface area contributed by atoms with Gasteiger partial charge in [-0.15, -0.1) is 5.56 Å². The number of methoxy groups -OCH3 is 1. The van der Waals surface area contributed by atoms with Crippen molar-refractivity contribution in [2.24, 2.45) is 0 Å². The molecule has 0 aliphatic carbocycles. The minimum atomic E-state index is -6.02. The molecule has 3 N–H and O–H groups in total. The molecule has 0 atom stereocenters. The predicted molar refractivity (Wildman–Crippen MR) is 63.5 cm³/mol. The second-order valence-electron chi connectivity index (χ2n) is 4.24. The van der Waals surface area contributed by atoms with Crippen LogP contribution in [0.4, 0.5) is 39.5 Å². The van der Waals surface area contributed by atoms with E-state index in [2.05, 4.69) is 4.74 Å². The summed E-state index contributed by atoms with van der Waals surface area (Å²) in [5.74, 6) is 0. The normalized spacial score (nSPS) is 12.7. The molecule has 0 saturated carbocycles. The first-order chi connectivity index (χ1) is 11.0. The van der Waals surface area contributed by atoms with Crippen molar-refractivity contribution < 1.29 is 78.2 Å². The maximum absolute atomic E-state index is 12.8. The molecule has 0 aliphatic heterocycles. The molecule has 0 bridgehead atoms. The van der Waals surface area contributed by atoms with Crippen LogP contribution in [0.15, 0.2) is 18.2 Å². The van der Waals surface area contributed by atoms with Crippen LogP contribution in [0.3, 0.4) is 0 Å². The minimum absolute atomic E-state index is 0. The van der Waals surface area contributed by atoms with Gasteiger partial charge in [-0.25, -0.2) is 0 Å². The Hall–Kier alpha value is -0.908. The molecular formula is C11H9BF9LiO4. The molecule has 0 fully saturated rings. The maximum Gasteiger partial charge on any atom is 1.00 e. The molecule has 0 aliphatic rings. The standard InChI is InChI=1S/C11H6F9O.BH3O3.Li/c1-21-8(10(15,16)17,11(18,19)20)6-3-2-4-7(5-6)9(12,13)14;2-1(3)4;/h3-5H,1H3;2-4H;/q-1;;+1. The third kappa shape index (κ3) is 6.36. The second-order valence-corrected chi connectivity index (χ2v) is 4.24. The number of benzene rings is 1. The largest absolute Gasteiger partial charge is 1.00 e. The van der Waals surface area contributed by atoms with Crippen molar-refractivity contribution in [1.29, 1.82) is 0 Å². The smallest absolute Gasteiger partial charge is 0.402 e. The SMILES string of the molecule is COC(c1c[c-]cc(C(F)(F)F)c1)(C(F)(F)F)C(F)(F)F.OB(O)O.[Li+]. The van der Waals surface area contributed by atoms with E-state index < -0.39 is 42.6 Å².